The van der Waals surface area contributed by atoms with Gasteiger partial charge in [-0.2, -0.15) is 0 Å². The van der Waals surface area contributed by atoms with E-state index in [1.807, 2.05) is 30.3 Å². The standard InChI is InChI=1S/C21H27ClN2O4S/c1-21(2,3)23-29(26,27)19-14-17(10-11-18(19)22)20(25)24(12-13-28-4)15-16-8-6-5-7-9-16/h5-11,14,23H,12-13,15H2,1-4H3. The number of ether oxygens (including phenoxy) is 1. The van der Waals surface area contributed by atoms with Gasteiger partial charge in [-0.1, -0.05) is 41.9 Å². The van der Waals surface area contributed by atoms with Crippen LogP contribution in [0.1, 0.15) is 36.7 Å². The second kappa shape index (κ2) is 9.71. The minimum Gasteiger partial charge on any atom is -0.383 e. The van der Waals surface area contributed by atoms with Crippen molar-refractivity contribution in [3.8, 4) is 0 Å². The van der Waals surface area contributed by atoms with Gasteiger partial charge < -0.3 is 9.64 Å². The summed E-state index contributed by atoms with van der Waals surface area (Å²) in [5, 5.41) is 0.0600. The van der Waals surface area contributed by atoms with E-state index in [-0.39, 0.29) is 21.4 Å². The second-order valence-electron chi connectivity index (χ2n) is 7.71. The minimum atomic E-state index is -3.88. The number of amides is 1. The van der Waals surface area contributed by atoms with Gasteiger partial charge in [0.25, 0.3) is 5.91 Å². The number of hydrogen-bond donors (Lipinski definition) is 1. The van der Waals surface area contributed by atoms with Crippen molar-refractivity contribution in [3.63, 3.8) is 0 Å². The lowest BCUT2D eigenvalue weighted by Gasteiger charge is -2.24. The SMILES string of the molecule is COCCN(Cc1ccccc1)C(=O)c1ccc(Cl)c(S(=O)(=O)NC(C)(C)C)c1. The number of carbonyl (C=O) groups is 1. The first-order chi connectivity index (χ1) is 13.5. The van der Waals surface area contributed by atoms with E-state index >= 15 is 0 Å². The van der Waals surface area contributed by atoms with Gasteiger partial charge in [-0.3, -0.25) is 4.79 Å². The summed E-state index contributed by atoms with van der Waals surface area (Å²) in [4.78, 5) is 14.6. The summed E-state index contributed by atoms with van der Waals surface area (Å²) in [5.41, 5.74) is 0.531. The number of benzene rings is 2. The van der Waals surface area contributed by atoms with E-state index in [4.69, 9.17) is 16.3 Å². The largest absolute Gasteiger partial charge is 0.383 e. The predicted octanol–water partition coefficient (Wildman–Crippen LogP) is 3.71. The van der Waals surface area contributed by atoms with Crippen molar-refractivity contribution in [2.24, 2.45) is 0 Å². The molecule has 0 bridgehead atoms. The third kappa shape index (κ3) is 6.82. The Bertz CT molecular complexity index is 941. The van der Waals surface area contributed by atoms with Crippen LogP contribution in [0.4, 0.5) is 0 Å². The first kappa shape index (κ1) is 23.3. The highest BCUT2D eigenvalue weighted by atomic mass is 35.5. The molecule has 0 aliphatic carbocycles. The average Bonchev–Trinajstić information content (AvgIpc) is 2.63. The third-order valence-corrected chi connectivity index (χ3v) is 6.22. The molecule has 1 N–H and O–H groups in total. The summed E-state index contributed by atoms with van der Waals surface area (Å²) in [6, 6.07) is 13.9. The molecule has 0 atom stereocenters. The number of carbonyl (C=O) groups excluding carboxylic acids is 1. The number of methoxy groups -OCH3 is 1. The zero-order valence-electron chi connectivity index (χ0n) is 17.1. The molecule has 158 valence electrons. The van der Waals surface area contributed by atoms with Crippen LogP contribution in [0.2, 0.25) is 5.02 Å². The Hall–Kier alpha value is -1.93. The van der Waals surface area contributed by atoms with Gasteiger partial charge in [-0.15, -0.1) is 0 Å². The van der Waals surface area contributed by atoms with Crippen LogP contribution in [-0.2, 0) is 21.3 Å². The lowest BCUT2D eigenvalue weighted by atomic mass is 10.1. The van der Waals surface area contributed by atoms with Gasteiger partial charge in [-0.25, -0.2) is 13.1 Å². The first-order valence-electron chi connectivity index (χ1n) is 9.19. The van der Waals surface area contributed by atoms with Crippen LogP contribution < -0.4 is 4.72 Å². The molecule has 6 nitrogen and oxygen atoms in total. The summed E-state index contributed by atoms with van der Waals surface area (Å²) in [5.74, 6) is -0.297. The van der Waals surface area contributed by atoms with Crippen LogP contribution >= 0.6 is 11.6 Å². The normalized spacial score (nSPS) is 12.0. The van der Waals surface area contributed by atoms with E-state index in [9.17, 15) is 13.2 Å². The zero-order chi connectivity index (χ0) is 21.7. The molecule has 2 rings (SSSR count). The Kier molecular flexibility index (Phi) is 7.82. The van der Waals surface area contributed by atoms with Crippen molar-refractivity contribution >= 4 is 27.5 Å². The van der Waals surface area contributed by atoms with E-state index in [0.29, 0.717) is 19.7 Å². The molecule has 2 aromatic carbocycles. The molecule has 0 fully saturated rings. The minimum absolute atomic E-state index is 0.0600. The maximum Gasteiger partial charge on any atom is 0.254 e. The average molecular weight is 439 g/mol. The summed E-state index contributed by atoms with van der Waals surface area (Å²) >= 11 is 6.14. The Morgan fingerprint density at radius 1 is 1.14 bits per heavy atom. The number of hydrogen-bond acceptors (Lipinski definition) is 4. The van der Waals surface area contributed by atoms with Crippen molar-refractivity contribution in [2.45, 2.75) is 37.8 Å². The van der Waals surface area contributed by atoms with Gasteiger partial charge in [0.05, 0.1) is 11.6 Å². The third-order valence-electron chi connectivity index (χ3n) is 3.98. The van der Waals surface area contributed by atoms with Crippen molar-refractivity contribution in [1.29, 1.82) is 0 Å². The quantitative estimate of drug-likeness (QED) is 0.681. The highest BCUT2D eigenvalue weighted by Gasteiger charge is 2.26. The number of nitrogens with one attached hydrogen (secondary N) is 1. The highest BCUT2D eigenvalue weighted by molar-refractivity contribution is 7.89. The maximum atomic E-state index is 13.1. The first-order valence-corrected chi connectivity index (χ1v) is 11.1. The van der Waals surface area contributed by atoms with E-state index in [0.717, 1.165) is 5.56 Å². The Morgan fingerprint density at radius 2 is 1.79 bits per heavy atom. The fourth-order valence-corrected chi connectivity index (χ4v) is 4.69. The molecule has 1 amide bonds. The number of sulfonamides is 1. The Balaban J connectivity index is 2.36. The lowest BCUT2D eigenvalue weighted by molar-refractivity contribution is 0.0680. The van der Waals surface area contributed by atoms with E-state index in [2.05, 4.69) is 4.72 Å². The molecule has 29 heavy (non-hydrogen) atoms. The van der Waals surface area contributed by atoms with Gasteiger partial charge in [0.1, 0.15) is 4.90 Å². The second-order valence-corrected chi connectivity index (χ2v) is 9.76. The molecule has 0 heterocycles. The van der Waals surface area contributed by atoms with Gasteiger partial charge in [0.15, 0.2) is 0 Å². The number of rotatable bonds is 8. The smallest absolute Gasteiger partial charge is 0.254 e. The van der Waals surface area contributed by atoms with Gasteiger partial charge in [-0.05, 0) is 44.5 Å². The van der Waals surface area contributed by atoms with Crippen LogP contribution in [0.3, 0.4) is 0 Å². The molecule has 0 aromatic heterocycles. The number of nitrogens with zero attached hydrogens (tertiary/aromatic N) is 1. The summed E-state index contributed by atoms with van der Waals surface area (Å²) < 4.78 is 33.2. The van der Waals surface area contributed by atoms with Crippen molar-refractivity contribution in [3.05, 3.63) is 64.7 Å². The predicted molar refractivity (Wildman–Crippen MR) is 115 cm³/mol. The summed E-state index contributed by atoms with van der Waals surface area (Å²) in [7, 11) is -2.32. The molecule has 0 saturated carbocycles. The molecule has 8 heteroatoms. The molecular formula is C21H27ClN2O4S. The van der Waals surface area contributed by atoms with Gasteiger partial charge in [0.2, 0.25) is 10.0 Å². The molecule has 0 unspecified atom stereocenters. The molecule has 0 aliphatic heterocycles. The molecular weight excluding hydrogens is 412 g/mol. The maximum absolute atomic E-state index is 13.1. The van der Waals surface area contributed by atoms with Crippen LogP contribution in [0, 0.1) is 0 Å². The topological polar surface area (TPSA) is 75.7 Å². The molecule has 0 radical (unpaired) electrons. The molecule has 2 aromatic rings. The fraction of sp³-hybridized carbons (Fsp3) is 0.381. The van der Waals surface area contributed by atoms with E-state index in [1.54, 1.807) is 32.8 Å². The van der Waals surface area contributed by atoms with Gasteiger partial charge in [0, 0.05) is 31.3 Å². The fourth-order valence-electron chi connectivity index (χ4n) is 2.74. The summed E-state index contributed by atoms with van der Waals surface area (Å²) in [6.07, 6.45) is 0. The van der Waals surface area contributed by atoms with Crippen molar-refractivity contribution in [2.75, 3.05) is 20.3 Å². The zero-order valence-corrected chi connectivity index (χ0v) is 18.7. The van der Waals surface area contributed by atoms with Crippen LogP contribution in [0.5, 0.6) is 0 Å². The Morgan fingerprint density at radius 3 is 2.38 bits per heavy atom. The molecule has 0 saturated heterocycles. The van der Waals surface area contributed by atoms with Crippen LogP contribution in [0.25, 0.3) is 0 Å². The van der Waals surface area contributed by atoms with Crippen molar-refractivity contribution < 1.29 is 17.9 Å². The Labute approximate surface area is 177 Å². The van der Waals surface area contributed by atoms with Crippen LogP contribution in [-0.4, -0.2) is 45.0 Å². The summed E-state index contributed by atoms with van der Waals surface area (Å²) in [6.45, 7) is 6.32. The van der Waals surface area contributed by atoms with E-state index < -0.39 is 15.6 Å². The molecule has 0 aliphatic rings. The van der Waals surface area contributed by atoms with Gasteiger partial charge >= 0.3 is 0 Å². The highest BCUT2D eigenvalue weighted by Crippen LogP contribution is 2.25. The molecule has 0 spiro atoms. The van der Waals surface area contributed by atoms with E-state index in [1.165, 1.54) is 18.2 Å². The number of halogens is 1. The lowest BCUT2D eigenvalue weighted by Crippen LogP contribution is -2.40. The monoisotopic (exact) mass is 438 g/mol. The van der Waals surface area contributed by atoms with Crippen molar-refractivity contribution in [1.82, 2.24) is 9.62 Å². The van der Waals surface area contributed by atoms with Crippen LogP contribution in [0.15, 0.2) is 53.4 Å².